The van der Waals surface area contributed by atoms with Gasteiger partial charge in [0.05, 0.1) is 0 Å². The molecule has 2 aliphatic heterocycles. The van der Waals surface area contributed by atoms with Gasteiger partial charge in [-0.3, -0.25) is 4.79 Å². The number of piperazine rings is 1. The highest BCUT2D eigenvalue weighted by Gasteiger charge is 2.21. The van der Waals surface area contributed by atoms with Gasteiger partial charge in [-0.2, -0.15) is 0 Å². The van der Waals surface area contributed by atoms with Crippen LogP contribution in [0.1, 0.15) is 38.2 Å². The van der Waals surface area contributed by atoms with Crippen molar-refractivity contribution in [2.24, 2.45) is 0 Å². The predicted octanol–water partition coefficient (Wildman–Crippen LogP) is 5.58. The highest BCUT2D eigenvalue weighted by atomic mass is 35.5. The first kappa shape index (κ1) is 26.6. The molecule has 0 unspecified atom stereocenters. The molecule has 2 aromatic carbocycles. The lowest BCUT2D eigenvalue weighted by molar-refractivity contribution is -0.107. The van der Waals surface area contributed by atoms with Crippen molar-refractivity contribution in [1.82, 2.24) is 15.1 Å². The molecular formula is C28H37Cl2N5O. The van der Waals surface area contributed by atoms with Crippen molar-refractivity contribution in [3.8, 4) is 0 Å². The molecule has 2 N–H and O–H groups in total. The molecule has 36 heavy (non-hydrogen) atoms. The third kappa shape index (κ3) is 7.31. The fraction of sp³-hybridized carbons (Fsp3) is 0.464. The molecule has 2 saturated heterocycles. The number of carbonyl (C=O) groups excluding carboxylic acids is 1. The zero-order valence-electron chi connectivity index (χ0n) is 21.1. The molecule has 0 aromatic heterocycles. The Morgan fingerprint density at radius 1 is 1.11 bits per heavy atom. The van der Waals surface area contributed by atoms with Crippen LogP contribution in [0.15, 0.2) is 54.5 Å². The van der Waals surface area contributed by atoms with Gasteiger partial charge in [0.15, 0.2) is 0 Å². The van der Waals surface area contributed by atoms with Crippen molar-refractivity contribution in [2.45, 2.75) is 45.1 Å². The van der Waals surface area contributed by atoms with Gasteiger partial charge in [-0.25, -0.2) is 0 Å². The van der Waals surface area contributed by atoms with Gasteiger partial charge in [0, 0.05) is 72.9 Å². The minimum absolute atomic E-state index is 0.503. The quantitative estimate of drug-likeness (QED) is 0.393. The number of carbonyl (C=O) groups is 1. The maximum Gasteiger partial charge on any atom is 0.214 e. The molecule has 0 spiro atoms. The number of nitrogens with zero attached hydrogens (tertiary/aromatic N) is 3. The highest BCUT2D eigenvalue weighted by Crippen LogP contribution is 2.24. The summed E-state index contributed by atoms with van der Waals surface area (Å²) in [6.07, 6.45) is 8.76. The van der Waals surface area contributed by atoms with Crippen LogP contribution < -0.4 is 15.5 Å². The van der Waals surface area contributed by atoms with Gasteiger partial charge < -0.3 is 25.3 Å². The number of anilines is 2. The van der Waals surface area contributed by atoms with Crippen LogP contribution in [0.5, 0.6) is 0 Å². The second-order valence-electron chi connectivity index (χ2n) is 9.57. The fourth-order valence-corrected chi connectivity index (χ4v) is 5.33. The van der Waals surface area contributed by atoms with Gasteiger partial charge in [-0.15, -0.1) is 0 Å². The SMILES string of the molecule is CC[C@H]1CN(/C(=C\N2CCCCC2)Nc2ccc(N(C=O)CCc3ccc(Cl)cc3Cl)cc2)CCN1. The molecule has 0 radical (unpaired) electrons. The number of piperidine rings is 1. The average molecular weight is 531 g/mol. The second-order valence-corrected chi connectivity index (χ2v) is 10.4. The van der Waals surface area contributed by atoms with E-state index in [1.807, 2.05) is 36.4 Å². The number of hydrogen-bond donors (Lipinski definition) is 2. The van der Waals surface area contributed by atoms with Crippen LogP contribution >= 0.6 is 23.2 Å². The smallest absolute Gasteiger partial charge is 0.214 e. The first-order valence-corrected chi connectivity index (χ1v) is 13.8. The first-order valence-electron chi connectivity index (χ1n) is 13.0. The maximum absolute atomic E-state index is 11.8. The first-order chi connectivity index (χ1) is 17.6. The number of nitrogens with one attached hydrogen (secondary N) is 2. The molecule has 0 saturated carbocycles. The molecule has 4 rings (SSSR count). The molecule has 2 heterocycles. The Morgan fingerprint density at radius 3 is 2.58 bits per heavy atom. The van der Waals surface area contributed by atoms with E-state index >= 15 is 0 Å². The summed E-state index contributed by atoms with van der Waals surface area (Å²) in [5, 5.41) is 8.52. The van der Waals surface area contributed by atoms with Crippen LogP contribution in [0.4, 0.5) is 11.4 Å². The molecular weight excluding hydrogens is 493 g/mol. The molecule has 2 aliphatic rings. The zero-order chi connectivity index (χ0) is 25.3. The van der Waals surface area contributed by atoms with Crippen LogP contribution in [0.2, 0.25) is 10.0 Å². The van der Waals surface area contributed by atoms with Crippen LogP contribution in [0, 0.1) is 0 Å². The normalized spacial score (nSPS) is 18.8. The lowest BCUT2D eigenvalue weighted by Gasteiger charge is -2.38. The van der Waals surface area contributed by atoms with E-state index in [2.05, 4.69) is 33.6 Å². The zero-order valence-corrected chi connectivity index (χ0v) is 22.6. The van der Waals surface area contributed by atoms with E-state index in [1.165, 1.54) is 19.3 Å². The second kappa shape index (κ2) is 13.2. The van der Waals surface area contributed by atoms with E-state index in [1.54, 1.807) is 11.0 Å². The Bertz CT molecular complexity index is 1020. The molecule has 0 aliphatic carbocycles. The van der Waals surface area contributed by atoms with Gasteiger partial charge in [0.25, 0.3) is 0 Å². The summed E-state index contributed by atoms with van der Waals surface area (Å²) in [7, 11) is 0. The fourth-order valence-electron chi connectivity index (χ4n) is 4.82. The van der Waals surface area contributed by atoms with E-state index in [0.29, 0.717) is 29.1 Å². The summed E-state index contributed by atoms with van der Waals surface area (Å²) in [6.45, 7) is 7.96. The number of likely N-dealkylation sites (tertiary alicyclic amines) is 1. The minimum atomic E-state index is 0.503. The highest BCUT2D eigenvalue weighted by molar-refractivity contribution is 6.35. The Balaban J connectivity index is 1.44. The Labute approximate surface area is 225 Å². The number of benzene rings is 2. The number of halogens is 2. The summed E-state index contributed by atoms with van der Waals surface area (Å²) in [4.78, 5) is 18.5. The van der Waals surface area contributed by atoms with Crippen molar-refractivity contribution in [3.05, 3.63) is 70.1 Å². The van der Waals surface area contributed by atoms with E-state index in [0.717, 1.165) is 68.3 Å². The van der Waals surface area contributed by atoms with E-state index in [-0.39, 0.29) is 0 Å². The Kier molecular flexibility index (Phi) is 9.79. The van der Waals surface area contributed by atoms with Crippen molar-refractivity contribution in [2.75, 3.05) is 49.5 Å². The van der Waals surface area contributed by atoms with Crippen molar-refractivity contribution < 1.29 is 4.79 Å². The van der Waals surface area contributed by atoms with Crippen molar-refractivity contribution in [1.29, 1.82) is 0 Å². The van der Waals surface area contributed by atoms with Gasteiger partial charge in [0.1, 0.15) is 5.82 Å². The van der Waals surface area contributed by atoms with Crippen molar-refractivity contribution in [3.63, 3.8) is 0 Å². The molecule has 8 heteroatoms. The average Bonchev–Trinajstić information content (AvgIpc) is 2.91. The van der Waals surface area contributed by atoms with E-state index < -0.39 is 0 Å². The maximum atomic E-state index is 11.8. The van der Waals surface area contributed by atoms with Gasteiger partial charge in [-0.1, -0.05) is 36.2 Å². The van der Waals surface area contributed by atoms with Crippen molar-refractivity contribution >= 4 is 41.0 Å². The third-order valence-electron chi connectivity index (χ3n) is 7.02. The largest absolute Gasteiger partial charge is 0.374 e. The minimum Gasteiger partial charge on any atom is -0.374 e. The summed E-state index contributed by atoms with van der Waals surface area (Å²) >= 11 is 12.3. The summed E-state index contributed by atoms with van der Waals surface area (Å²) in [6, 6.07) is 14.1. The number of hydrogen-bond acceptors (Lipinski definition) is 5. The van der Waals surface area contributed by atoms with Crippen LogP contribution in [0.25, 0.3) is 0 Å². The third-order valence-corrected chi connectivity index (χ3v) is 7.61. The molecule has 194 valence electrons. The number of amides is 1. The Morgan fingerprint density at radius 2 is 1.89 bits per heavy atom. The monoisotopic (exact) mass is 529 g/mol. The van der Waals surface area contributed by atoms with E-state index in [9.17, 15) is 4.79 Å². The predicted molar refractivity (Wildman–Crippen MR) is 151 cm³/mol. The number of rotatable bonds is 10. The summed E-state index contributed by atoms with van der Waals surface area (Å²) in [5.41, 5.74) is 2.84. The Hall–Kier alpha value is -2.41. The molecule has 2 fully saturated rings. The summed E-state index contributed by atoms with van der Waals surface area (Å²) < 4.78 is 0. The lowest BCUT2D eigenvalue weighted by atomic mass is 10.1. The lowest BCUT2D eigenvalue weighted by Crippen LogP contribution is -2.51. The molecule has 0 bridgehead atoms. The molecule has 1 amide bonds. The standard InChI is InChI=1S/C28H37Cl2N5O/c1-2-24-19-34(17-13-31-24)28(20-33-14-4-3-5-15-33)32-25-8-10-26(11-9-25)35(21-36)16-12-22-6-7-23(29)18-27(22)30/h6-11,18,20-21,24,31-32H,2-5,12-17,19H2,1H3/b28-20-/t24-/m0/s1. The topological polar surface area (TPSA) is 50.9 Å². The molecule has 6 nitrogen and oxygen atoms in total. The van der Waals surface area contributed by atoms with E-state index in [4.69, 9.17) is 23.2 Å². The molecule has 1 atom stereocenters. The molecule has 2 aromatic rings. The van der Waals surface area contributed by atoms with Gasteiger partial charge in [-0.05, 0) is 74.1 Å². The van der Waals surface area contributed by atoms with Crippen LogP contribution in [-0.2, 0) is 11.2 Å². The summed E-state index contributed by atoms with van der Waals surface area (Å²) in [5.74, 6) is 1.15. The van der Waals surface area contributed by atoms with Crippen LogP contribution in [0.3, 0.4) is 0 Å². The van der Waals surface area contributed by atoms with Gasteiger partial charge in [0.2, 0.25) is 6.41 Å². The van der Waals surface area contributed by atoms with Crippen LogP contribution in [-0.4, -0.2) is 61.5 Å². The van der Waals surface area contributed by atoms with Gasteiger partial charge >= 0.3 is 0 Å².